The zero-order valence-corrected chi connectivity index (χ0v) is 16.9. The molecule has 0 saturated heterocycles. The Bertz CT molecular complexity index is 614. The summed E-state index contributed by atoms with van der Waals surface area (Å²) in [6.07, 6.45) is 1.02. The first-order valence-electron chi connectivity index (χ1n) is 7.27. The van der Waals surface area contributed by atoms with Gasteiger partial charge in [-0.3, -0.25) is 0 Å². The van der Waals surface area contributed by atoms with E-state index in [1.165, 1.54) is 12.6 Å². The van der Waals surface area contributed by atoms with Gasteiger partial charge in [0.25, 0.3) is 0 Å². The largest absolute Gasteiger partial charge is 0.357 e. The molecule has 0 amide bonds. The van der Waals surface area contributed by atoms with Gasteiger partial charge in [0.1, 0.15) is 5.01 Å². The Morgan fingerprint density at radius 3 is 2.68 bits per heavy atom. The maximum Gasteiger partial charge on any atom is 0.191 e. The maximum absolute atomic E-state index is 4.62. The van der Waals surface area contributed by atoms with Crippen LogP contribution < -0.4 is 10.6 Å². The molecule has 0 spiro atoms. The lowest BCUT2D eigenvalue weighted by atomic mass is 10.3. The minimum absolute atomic E-state index is 0.631. The Morgan fingerprint density at radius 1 is 1.27 bits per heavy atom. The fourth-order valence-electron chi connectivity index (χ4n) is 1.89. The van der Waals surface area contributed by atoms with E-state index < -0.39 is 0 Å². The lowest BCUT2D eigenvalue weighted by Crippen LogP contribution is -2.38. The predicted molar refractivity (Wildman–Crippen MR) is 105 cm³/mol. The van der Waals surface area contributed by atoms with Crippen LogP contribution in [0.5, 0.6) is 0 Å². The van der Waals surface area contributed by atoms with Gasteiger partial charge in [-0.2, -0.15) is 0 Å². The van der Waals surface area contributed by atoms with E-state index in [9.17, 15) is 0 Å². The minimum Gasteiger partial charge on any atom is -0.357 e. The first kappa shape index (κ1) is 17.7. The average molecular weight is 448 g/mol. The van der Waals surface area contributed by atoms with Crippen LogP contribution in [0.1, 0.15) is 27.4 Å². The number of aryl methyl sites for hydroxylation is 2. The number of aromatic nitrogens is 1. The SMILES string of the molecule is CCNC(=NCc1nc(C)c(C)s1)NCCc1ccc(I)s1. The van der Waals surface area contributed by atoms with E-state index in [2.05, 4.69) is 69.2 Å². The summed E-state index contributed by atoms with van der Waals surface area (Å²) in [5, 5.41) is 7.74. The number of thiophene rings is 1. The van der Waals surface area contributed by atoms with Gasteiger partial charge in [0, 0.05) is 22.8 Å². The predicted octanol–water partition coefficient (Wildman–Crippen LogP) is 3.72. The Morgan fingerprint density at radius 2 is 2.09 bits per heavy atom. The van der Waals surface area contributed by atoms with Crippen LogP contribution in [0.2, 0.25) is 0 Å². The molecule has 0 fully saturated rings. The molecule has 0 bridgehead atoms. The van der Waals surface area contributed by atoms with Gasteiger partial charge in [-0.15, -0.1) is 22.7 Å². The van der Waals surface area contributed by atoms with Crippen LogP contribution in [0.15, 0.2) is 17.1 Å². The second kappa shape index (κ2) is 8.83. The molecule has 2 heterocycles. The summed E-state index contributed by atoms with van der Waals surface area (Å²) in [7, 11) is 0. The van der Waals surface area contributed by atoms with E-state index in [0.717, 1.165) is 36.2 Å². The molecule has 0 radical (unpaired) electrons. The normalized spacial score (nSPS) is 11.7. The molecule has 0 unspecified atom stereocenters. The van der Waals surface area contributed by atoms with E-state index in [1.807, 2.05) is 18.3 Å². The van der Waals surface area contributed by atoms with Crippen molar-refractivity contribution >= 4 is 51.2 Å². The Balaban J connectivity index is 1.86. The second-order valence-corrected chi connectivity index (χ2v) is 9.18. The lowest BCUT2D eigenvalue weighted by Gasteiger charge is -2.10. The van der Waals surface area contributed by atoms with Crippen LogP contribution >= 0.6 is 45.3 Å². The topological polar surface area (TPSA) is 49.3 Å². The molecule has 0 aliphatic rings. The summed E-state index contributed by atoms with van der Waals surface area (Å²) in [6.45, 7) is 8.61. The second-order valence-electron chi connectivity index (χ2n) is 4.83. The number of nitrogens with zero attached hydrogens (tertiary/aromatic N) is 2. The summed E-state index contributed by atoms with van der Waals surface area (Å²) in [5.74, 6) is 0.860. The Labute approximate surface area is 153 Å². The van der Waals surface area contributed by atoms with Gasteiger partial charge in [0.05, 0.1) is 15.1 Å². The molecule has 120 valence electrons. The monoisotopic (exact) mass is 448 g/mol. The number of guanidine groups is 1. The first-order chi connectivity index (χ1) is 10.6. The number of aliphatic imine (C=N–C) groups is 1. The van der Waals surface area contributed by atoms with Crippen molar-refractivity contribution in [2.75, 3.05) is 13.1 Å². The number of nitrogens with one attached hydrogen (secondary N) is 2. The van der Waals surface area contributed by atoms with Crippen LogP contribution in [-0.4, -0.2) is 24.0 Å². The number of halogens is 1. The summed E-state index contributed by atoms with van der Waals surface area (Å²) in [6, 6.07) is 4.35. The molecule has 0 atom stereocenters. The van der Waals surface area contributed by atoms with Crippen molar-refractivity contribution in [1.82, 2.24) is 15.6 Å². The highest BCUT2D eigenvalue weighted by molar-refractivity contribution is 14.1. The summed E-state index contributed by atoms with van der Waals surface area (Å²) in [5.41, 5.74) is 1.11. The van der Waals surface area contributed by atoms with Crippen LogP contribution in [0.25, 0.3) is 0 Å². The van der Waals surface area contributed by atoms with Crippen LogP contribution in [0, 0.1) is 16.7 Å². The van der Waals surface area contributed by atoms with Gasteiger partial charge in [-0.05, 0) is 61.9 Å². The van der Waals surface area contributed by atoms with Crippen molar-refractivity contribution in [3.05, 3.63) is 35.5 Å². The molecule has 7 heteroatoms. The van der Waals surface area contributed by atoms with Crippen molar-refractivity contribution in [2.24, 2.45) is 4.99 Å². The van der Waals surface area contributed by atoms with Crippen molar-refractivity contribution in [3.63, 3.8) is 0 Å². The van der Waals surface area contributed by atoms with Gasteiger partial charge in [0.2, 0.25) is 0 Å². The van der Waals surface area contributed by atoms with Gasteiger partial charge in [-0.1, -0.05) is 0 Å². The summed E-state index contributed by atoms with van der Waals surface area (Å²) < 4.78 is 1.34. The van der Waals surface area contributed by atoms with Gasteiger partial charge in [-0.25, -0.2) is 9.98 Å². The zero-order chi connectivity index (χ0) is 15.9. The third-order valence-corrected chi connectivity index (χ3v) is 6.09. The fraction of sp³-hybridized carbons (Fsp3) is 0.467. The first-order valence-corrected chi connectivity index (χ1v) is 9.99. The van der Waals surface area contributed by atoms with E-state index in [-0.39, 0.29) is 0 Å². The highest BCUT2D eigenvalue weighted by Gasteiger charge is 2.04. The molecule has 0 saturated carbocycles. The third-order valence-electron chi connectivity index (χ3n) is 3.08. The third kappa shape index (κ3) is 5.51. The standard InChI is InChI=1S/C15H21IN4S2/c1-4-17-15(18-8-7-12-5-6-13(16)22-12)19-9-14-20-10(2)11(3)21-14/h5-6H,4,7-9H2,1-3H3,(H2,17,18,19). The van der Waals surface area contributed by atoms with Crippen molar-refractivity contribution < 1.29 is 0 Å². The molecule has 22 heavy (non-hydrogen) atoms. The van der Waals surface area contributed by atoms with Gasteiger partial charge in [0.15, 0.2) is 5.96 Å². The Hall–Kier alpha value is -0.670. The van der Waals surface area contributed by atoms with E-state index >= 15 is 0 Å². The fourth-order valence-corrected chi connectivity index (χ4v) is 4.50. The maximum atomic E-state index is 4.62. The molecule has 0 aliphatic carbocycles. The molecule has 2 aromatic rings. The molecular weight excluding hydrogens is 427 g/mol. The highest BCUT2D eigenvalue weighted by Crippen LogP contribution is 2.18. The van der Waals surface area contributed by atoms with Crippen molar-refractivity contribution in [2.45, 2.75) is 33.7 Å². The zero-order valence-electron chi connectivity index (χ0n) is 13.1. The van der Waals surface area contributed by atoms with Crippen LogP contribution in [0.4, 0.5) is 0 Å². The number of rotatable bonds is 6. The van der Waals surface area contributed by atoms with E-state index in [1.54, 1.807) is 11.3 Å². The molecule has 0 aliphatic heterocycles. The molecule has 4 nitrogen and oxygen atoms in total. The minimum atomic E-state index is 0.631. The number of hydrogen-bond acceptors (Lipinski definition) is 4. The number of hydrogen-bond donors (Lipinski definition) is 2. The molecule has 0 aromatic carbocycles. The quantitative estimate of drug-likeness (QED) is 0.402. The lowest BCUT2D eigenvalue weighted by molar-refractivity contribution is 0.803. The van der Waals surface area contributed by atoms with Crippen molar-refractivity contribution in [1.29, 1.82) is 0 Å². The molecule has 2 aromatic heterocycles. The van der Waals surface area contributed by atoms with Gasteiger partial charge < -0.3 is 10.6 Å². The van der Waals surface area contributed by atoms with Gasteiger partial charge >= 0.3 is 0 Å². The van der Waals surface area contributed by atoms with Crippen LogP contribution in [0.3, 0.4) is 0 Å². The molecule has 2 N–H and O–H groups in total. The highest BCUT2D eigenvalue weighted by atomic mass is 127. The smallest absolute Gasteiger partial charge is 0.191 e. The van der Waals surface area contributed by atoms with E-state index in [0.29, 0.717) is 6.54 Å². The van der Waals surface area contributed by atoms with Crippen molar-refractivity contribution in [3.8, 4) is 0 Å². The van der Waals surface area contributed by atoms with E-state index in [4.69, 9.17) is 0 Å². The average Bonchev–Trinajstić information content (AvgIpc) is 3.03. The molecular formula is C15H21IN4S2. The number of thiazole rings is 1. The summed E-state index contributed by atoms with van der Waals surface area (Å²) >= 11 is 5.93. The Kier molecular flexibility index (Phi) is 7.10. The molecule has 2 rings (SSSR count). The summed E-state index contributed by atoms with van der Waals surface area (Å²) in [4.78, 5) is 11.8. The van der Waals surface area contributed by atoms with Crippen LogP contribution in [-0.2, 0) is 13.0 Å².